The SMILES string of the molecule is CCCC(N)CC(=O)N(C)CC(F)(F)F. The van der Waals surface area contributed by atoms with E-state index in [-0.39, 0.29) is 12.5 Å². The van der Waals surface area contributed by atoms with Crippen LogP contribution >= 0.6 is 0 Å². The van der Waals surface area contributed by atoms with E-state index in [0.717, 1.165) is 13.5 Å². The molecular weight excluding hydrogens is 209 g/mol. The molecule has 90 valence electrons. The van der Waals surface area contributed by atoms with Crippen molar-refractivity contribution < 1.29 is 18.0 Å². The van der Waals surface area contributed by atoms with Gasteiger partial charge in [-0.3, -0.25) is 4.79 Å². The lowest BCUT2D eigenvalue weighted by atomic mass is 10.1. The molecule has 0 rings (SSSR count). The molecule has 0 spiro atoms. The molecule has 1 atom stereocenters. The van der Waals surface area contributed by atoms with Crippen LogP contribution in [-0.4, -0.2) is 36.6 Å². The lowest BCUT2D eigenvalue weighted by molar-refractivity contribution is -0.158. The van der Waals surface area contributed by atoms with Crippen LogP contribution in [0.3, 0.4) is 0 Å². The average molecular weight is 226 g/mol. The number of alkyl halides is 3. The smallest absolute Gasteiger partial charge is 0.337 e. The van der Waals surface area contributed by atoms with Crippen molar-refractivity contribution in [2.75, 3.05) is 13.6 Å². The maximum absolute atomic E-state index is 11.9. The first-order chi connectivity index (χ1) is 6.76. The van der Waals surface area contributed by atoms with Crippen LogP contribution in [0.15, 0.2) is 0 Å². The summed E-state index contributed by atoms with van der Waals surface area (Å²) in [6.45, 7) is 0.689. The standard InChI is InChI=1S/C9H17F3N2O/c1-3-4-7(13)5-8(15)14(2)6-9(10,11)12/h7H,3-6,13H2,1-2H3. The molecule has 15 heavy (non-hydrogen) atoms. The number of nitrogens with two attached hydrogens (primary N) is 1. The van der Waals surface area contributed by atoms with Crippen molar-refractivity contribution in [3.63, 3.8) is 0 Å². The number of carbonyl (C=O) groups is 1. The molecule has 0 saturated heterocycles. The van der Waals surface area contributed by atoms with Crippen molar-refractivity contribution in [3.8, 4) is 0 Å². The Balaban J connectivity index is 3.99. The Bertz CT molecular complexity index is 206. The molecule has 0 aliphatic rings. The quantitative estimate of drug-likeness (QED) is 0.772. The summed E-state index contributed by atoms with van der Waals surface area (Å²) in [7, 11) is 1.13. The van der Waals surface area contributed by atoms with Crippen LogP contribution in [0.2, 0.25) is 0 Å². The van der Waals surface area contributed by atoms with Gasteiger partial charge in [0.25, 0.3) is 0 Å². The summed E-state index contributed by atoms with van der Waals surface area (Å²) in [6.07, 6.45) is -2.91. The van der Waals surface area contributed by atoms with Crippen LogP contribution in [0.4, 0.5) is 13.2 Å². The molecule has 2 N–H and O–H groups in total. The van der Waals surface area contributed by atoms with Gasteiger partial charge in [-0.15, -0.1) is 0 Å². The predicted octanol–water partition coefficient (Wildman–Crippen LogP) is 1.52. The zero-order valence-electron chi connectivity index (χ0n) is 8.97. The van der Waals surface area contributed by atoms with Crippen LogP contribution in [0, 0.1) is 0 Å². The fraction of sp³-hybridized carbons (Fsp3) is 0.889. The van der Waals surface area contributed by atoms with Crippen molar-refractivity contribution in [2.45, 2.75) is 38.4 Å². The molecule has 1 unspecified atom stereocenters. The zero-order chi connectivity index (χ0) is 12.1. The van der Waals surface area contributed by atoms with Gasteiger partial charge in [0.05, 0.1) is 0 Å². The van der Waals surface area contributed by atoms with E-state index < -0.39 is 18.6 Å². The van der Waals surface area contributed by atoms with Gasteiger partial charge in [-0.2, -0.15) is 13.2 Å². The molecule has 0 aliphatic carbocycles. The topological polar surface area (TPSA) is 46.3 Å². The van der Waals surface area contributed by atoms with E-state index in [1.54, 1.807) is 0 Å². The second-order valence-corrected chi connectivity index (χ2v) is 3.62. The van der Waals surface area contributed by atoms with E-state index in [4.69, 9.17) is 5.73 Å². The van der Waals surface area contributed by atoms with Gasteiger partial charge in [0.15, 0.2) is 0 Å². The largest absolute Gasteiger partial charge is 0.406 e. The lowest BCUT2D eigenvalue weighted by Crippen LogP contribution is -2.38. The highest BCUT2D eigenvalue weighted by molar-refractivity contribution is 5.76. The van der Waals surface area contributed by atoms with E-state index in [1.807, 2.05) is 6.92 Å². The van der Waals surface area contributed by atoms with Crippen molar-refractivity contribution in [3.05, 3.63) is 0 Å². The van der Waals surface area contributed by atoms with Crippen LogP contribution in [-0.2, 0) is 4.79 Å². The molecule has 1 amide bonds. The van der Waals surface area contributed by atoms with E-state index in [9.17, 15) is 18.0 Å². The molecule has 0 radical (unpaired) electrons. The fourth-order valence-corrected chi connectivity index (χ4v) is 1.21. The summed E-state index contributed by atoms with van der Waals surface area (Å²) >= 11 is 0. The van der Waals surface area contributed by atoms with Crippen LogP contribution in [0.1, 0.15) is 26.2 Å². The monoisotopic (exact) mass is 226 g/mol. The summed E-state index contributed by atoms with van der Waals surface area (Å²) in [6, 6.07) is -0.349. The lowest BCUT2D eigenvalue weighted by Gasteiger charge is -2.20. The maximum atomic E-state index is 11.9. The first-order valence-electron chi connectivity index (χ1n) is 4.82. The minimum atomic E-state index is -4.35. The Kier molecular flexibility index (Phi) is 5.64. The Labute approximate surface area is 87.4 Å². The van der Waals surface area contributed by atoms with Gasteiger partial charge in [-0.25, -0.2) is 0 Å². The highest BCUT2D eigenvalue weighted by atomic mass is 19.4. The Hall–Kier alpha value is -0.780. The minimum Gasteiger partial charge on any atom is -0.337 e. The van der Waals surface area contributed by atoms with Gasteiger partial charge in [-0.05, 0) is 6.42 Å². The van der Waals surface area contributed by atoms with Crippen molar-refractivity contribution in [1.29, 1.82) is 0 Å². The molecule has 0 heterocycles. The highest BCUT2D eigenvalue weighted by Crippen LogP contribution is 2.16. The van der Waals surface area contributed by atoms with Crippen LogP contribution in [0.25, 0.3) is 0 Å². The number of hydrogen-bond acceptors (Lipinski definition) is 2. The molecule has 0 saturated carbocycles. The van der Waals surface area contributed by atoms with Gasteiger partial charge in [-0.1, -0.05) is 13.3 Å². The molecule has 6 heteroatoms. The third-order valence-electron chi connectivity index (χ3n) is 1.94. The first-order valence-corrected chi connectivity index (χ1v) is 4.82. The van der Waals surface area contributed by atoms with Gasteiger partial charge in [0.1, 0.15) is 6.54 Å². The molecule has 0 aromatic rings. The number of amides is 1. The number of hydrogen-bond donors (Lipinski definition) is 1. The van der Waals surface area contributed by atoms with Gasteiger partial charge >= 0.3 is 6.18 Å². The summed E-state index contributed by atoms with van der Waals surface area (Å²) in [5.74, 6) is -0.562. The van der Waals surface area contributed by atoms with E-state index in [0.29, 0.717) is 11.3 Å². The number of carbonyl (C=O) groups excluding carboxylic acids is 1. The molecule has 0 aromatic heterocycles. The molecule has 0 aromatic carbocycles. The highest BCUT2D eigenvalue weighted by Gasteiger charge is 2.31. The Morgan fingerprint density at radius 2 is 2.00 bits per heavy atom. The molecular formula is C9H17F3N2O. The number of rotatable bonds is 5. The molecule has 0 fully saturated rings. The predicted molar refractivity (Wildman–Crippen MR) is 51.2 cm³/mol. The summed E-state index contributed by atoms with van der Waals surface area (Å²) in [5.41, 5.74) is 5.56. The van der Waals surface area contributed by atoms with Crippen molar-refractivity contribution in [1.82, 2.24) is 4.90 Å². The Morgan fingerprint density at radius 1 is 1.47 bits per heavy atom. The van der Waals surface area contributed by atoms with Crippen molar-refractivity contribution in [2.24, 2.45) is 5.73 Å². The molecule has 3 nitrogen and oxygen atoms in total. The second kappa shape index (κ2) is 5.95. The van der Waals surface area contributed by atoms with Crippen molar-refractivity contribution >= 4 is 5.91 Å². The normalized spacial score (nSPS) is 13.7. The number of nitrogens with zero attached hydrogens (tertiary/aromatic N) is 1. The van der Waals surface area contributed by atoms with Gasteiger partial charge in [0.2, 0.25) is 5.91 Å². The van der Waals surface area contributed by atoms with Gasteiger partial charge in [0, 0.05) is 19.5 Å². The second-order valence-electron chi connectivity index (χ2n) is 3.62. The third-order valence-corrected chi connectivity index (χ3v) is 1.94. The van der Waals surface area contributed by atoms with E-state index in [2.05, 4.69) is 0 Å². The Morgan fingerprint density at radius 3 is 2.40 bits per heavy atom. The summed E-state index contributed by atoms with van der Waals surface area (Å²) in [4.78, 5) is 11.9. The van der Waals surface area contributed by atoms with Gasteiger partial charge < -0.3 is 10.6 Å². The van der Waals surface area contributed by atoms with E-state index in [1.165, 1.54) is 0 Å². The molecule has 0 bridgehead atoms. The third kappa shape index (κ3) is 7.18. The summed E-state index contributed by atoms with van der Waals surface area (Å²) in [5, 5.41) is 0. The minimum absolute atomic E-state index is 0.0274. The fourth-order valence-electron chi connectivity index (χ4n) is 1.21. The maximum Gasteiger partial charge on any atom is 0.406 e. The first kappa shape index (κ1) is 14.2. The average Bonchev–Trinajstić information content (AvgIpc) is 2.00. The van der Waals surface area contributed by atoms with Crippen LogP contribution in [0.5, 0.6) is 0 Å². The number of halogens is 3. The van der Waals surface area contributed by atoms with E-state index >= 15 is 0 Å². The molecule has 0 aliphatic heterocycles. The van der Waals surface area contributed by atoms with Crippen LogP contribution < -0.4 is 5.73 Å². The zero-order valence-corrected chi connectivity index (χ0v) is 8.97. The summed E-state index contributed by atoms with van der Waals surface area (Å²) < 4.78 is 35.8.